The smallest absolute Gasteiger partial charge is 0.337 e. The Balaban J connectivity index is 1.50. The number of hydrazone groups is 1. The number of amides is 2. The summed E-state index contributed by atoms with van der Waals surface area (Å²) in [5, 5.41) is 15.6. The predicted molar refractivity (Wildman–Crippen MR) is 121 cm³/mol. The number of carbonyl (C=O) groups excluding carboxylic acids is 2. The van der Waals surface area contributed by atoms with Crippen LogP contribution in [0.15, 0.2) is 70.2 Å². The monoisotopic (exact) mass is 469 g/mol. The standard InChI is InChI=1S/C23H20ClN3O6/c1-14(26-21(28)13-32-16-5-3-2-4-6-16)22(29)27-25-12-17-8-10-20(33-17)15-7-9-19(24)18(11-15)23(30)31/h2-12,14H,13H2,1H3,(H,26,28)(H,27,29)(H,30,31)/b25-12-/t14-/m1/s1. The number of carbonyl (C=O) groups is 3. The van der Waals surface area contributed by atoms with Crippen LogP contribution in [0.25, 0.3) is 11.3 Å². The molecule has 0 aliphatic rings. The van der Waals surface area contributed by atoms with Crippen molar-refractivity contribution >= 4 is 35.6 Å². The summed E-state index contributed by atoms with van der Waals surface area (Å²) in [6.45, 7) is 1.28. The number of hydrogen-bond acceptors (Lipinski definition) is 6. The van der Waals surface area contributed by atoms with Crippen LogP contribution in [0.4, 0.5) is 0 Å². The lowest BCUT2D eigenvalue weighted by Gasteiger charge is -2.12. The molecule has 3 N–H and O–H groups in total. The molecule has 0 aliphatic heterocycles. The third kappa shape index (κ3) is 6.68. The van der Waals surface area contributed by atoms with E-state index in [4.69, 9.17) is 20.8 Å². The van der Waals surface area contributed by atoms with Gasteiger partial charge in [0.1, 0.15) is 23.3 Å². The van der Waals surface area contributed by atoms with Gasteiger partial charge in [0, 0.05) is 5.56 Å². The van der Waals surface area contributed by atoms with Gasteiger partial charge in [-0.25, -0.2) is 10.2 Å². The number of ether oxygens (including phenoxy) is 1. The van der Waals surface area contributed by atoms with Gasteiger partial charge < -0.3 is 19.6 Å². The number of carboxylic acids is 1. The Morgan fingerprint density at radius 3 is 2.64 bits per heavy atom. The lowest BCUT2D eigenvalue weighted by atomic mass is 10.1. The average Bonchev–Trinajstić information content (AvgIpc) is 3.27. The maximum absolute atomic E-state index is 12.1. The molecule has 0 saturated heterocycles. The van der Waals surface area contributed by atoms with Crippen molar-refractivity contribution in [3.8, 4) is 17.1 Å². The summed E-state index contributed by atoms with van der Waals surface area (Å²) < 4.78 is 10.9. The number of nitrogens with one attached hydrogen (secondary N) is 2. The van der Waals surface area contributed by atoms with Gasteiger partial charge in [-0.15, -0.1) is 0 Å². The Morgan fingerprint density at radius 2 is 1.91 bits per heavy atom. The third-order valence-electron chi connectivity index (χ3n) is 4.36. The number of nitrogens with zero attached hydrogens (tertiary/aromatic N) is 1. The fourth-order valence-corrected chi connectivity index (χ4v) is 2.89. The van der Waals surface area contributed by atoms with E-state index in [0.29, 0.717) is 22.8 Å². The van der Waals surface area contributed by atoms with Crippen molar-refractivity contribution in [2.24, 2.45) is 5.10 Å². The van der Waals surface area contributed by atoms with Crippen LogP contribution in [-0.2, 0) is 9.59 Å². The SMILES string of the molecule is C[C@@H](NC(=O)COc1ccccc1)C(=O)N/N=C\c1ccc(-c2ccc(Cl)c(C(=O)O)c2)o1. The lowest BCUT2D eigenvalue weighted by molar-refractivity contribution is -0.129. The minimum absolute atomic E-state index is 0.0433. The summed E-state index contributed by atoms with van der Waals surface area (Å²) in [5.41, 5.74) is 2.79. The third-order valence-corrected chi connectivity index (χ3v) is 4.69. The highest BCUT2D eigenvalue weighted by Gasteiger charge is 2.16. The summed E-state index contributed by atoms with van der Waals surface area (Å²) in [4.78, 5) is 35.3. The van der Waals surface area contributed by atoms with Crippen molar-refractivity contribution in [3.05, 3.63) is 77.0 Å². The van der Waals surface area contributed by atoms with E-state index in [1.54, 1.807) is 42.5 Å². The second kappa shape index (κ2) is 11.0. The van der Waals surface area contributed by atoms with Crippen molar-refractivity contribution in [2.45, 2.75) is 13.0 Å². The Kier molecular flexibility index (Phi) is 7.82. The van der Waals surface area contributed by atoms with E-state index in [1.807, 2.05) is 6.07 Å². The number of rotatable bonds is 9. The predicted octanol–water partition coefficient (Wildman–Crippen LogP) is 3.33. The highest BCUT2D eigenvalue weighted by atomic mass is 35.5. The molecule has 10 heteroatoms. The van der Waals surface area contributed by atoms with Crippen LogP contribution in [0.3, 0.4) is 0 Å². The molecule has 1 atom stereocenters. The molecule has 0 radical (unpaired) electrons. The number of halogens is 1. The Bertz CT molecular complexity index is 1180. The van der Waals surface area contributed by atoms with Gasteiger partial charge in [-0.3, -0.25) is 9.59 Å². The highest BCUT2D eigenvalue weighted by Crippen LogP contribution is 2.26. The molecular formula is C23H20ClN3O6. The van der Waals surface area contributed by atoms with Gasteiger partial charge in [-0.1, -0.05) is 29.8 Å². The van der Waals surface area contributed by atoms with Gasteiger partial charge in [0.25, 0.3) is 11.8 Å². The van der Waals surface area contributed by atoms with E-state index in [1.165, 1.54) is 25.3 Å². The minimum Gasteiger partial charge on any atom is -0.484 e. The number of benzene rings is 2. The van der Waals surface area contributed by atoms with E-state index in [-0.39, 0.29) is 17.2 Å². The van der Waals surface area contributed by atoms with Crippen molar-refractivity contribution < 1.29 is 28.6 Å². The fraction of sp³-hybridized carbons (Fsp3) is 0.130. The Labute approximate surface area is 194 Å². The molecule has 170 valence electrons. The van der Waals surface area contributed by atoms with Crippen molar-refractivity contribution in [2.75, 3.05) is 6.61 Å². The van der Waals surface area contributed by atoms with Crippen molar-refractivity contribution in [3.63, 3.8) is 0 Å². The lowest BCUT2D eigenvalue weighted by Crippen LogP contribution is -2.45. The molecule has 3 aromatic rings. The first-order valence-corrected chi connectivity index (χ1v) is 10.1. The summed E-state index contributed by atoms with van der Waals surface area (Å²) in [7, 11) is 0. The van der Waals surface area contributed by atoms with Gasteiger partial charge in [-0.2, -0.15) is 5.10 Å². The van der Waals surface area contributed by atoms with E-state index < -0.39 is 23.8 Å². The van der Waals surface area contributed by atoms with Crippen LogP contribution in [0, 0.1) is 0 Å². The molecule has 33 heavy (non-hydrogen) atoms. The summed E-state index contributed by atoms with van der Waals surface area (Å²) in [6, 6.07) is 15.7. The molecule has 1 aromatic heterocycles. The highest BCUT2D eigenvalue weighted by molar-refractivity contribution is 6.33. The first-order chi connectivity index (χ1) is 15.8. The molecule has 0 bridgehead atoms. The zero-order chi connectivity index (χ0) is 23.8. The van der Waals surface area contributed by atoms with Crippen molar-refractivity contribution in [1.82, 2.24) is 10.7 Å². The molecule has 0 aliphatic carbocycles. The summed E-state index contributed by atoms with van der Waals surface area (Å²) >= 11 is 5.88. The number of carboxylic acid groups (broad SMARTS) is 1. The Hall–Kier alpha value is -4.11. The minimum atomic E-state index is -1.15. The second-order valence-corrected chi connectivity index (χ2v) is 7.23. The van der Waals surface area contributed by atoms with Crippen LogP contribution < -0.4 is 15.5 Å². The van der Waals surface area contributed by atoms with E-state index in [0.717, 1.165) is 0 Å². The molecule has 0 spiro atoms. The molecule has 0 fully saturated rings. The molecule has 2 amide bonds. The van der Waals surface area contributed by atoms with Gasteiger partial charge in [0.2, 0.25) is 0 Å². The van der Waals surface area contributed by atoms with Crippen molar-refractivity contribution in [1.29, 1.82) is 0 Å². The van der Waals surface area contributed by atoms with Crippen LogP contribution >= 0.6 is 11.6 Å². The molecule has 2 aromatic carbocycles. The second-order valence-electron chi connectivity index (χ2n) is 6.83. The molecule has 0 saturated carbocycles. The largest absolute Gasteiger partial charge is 0.484 e. The van der Waals surface area contributed by atoms with Crippen LogP contribution in [0.2, 0.25) is 5.02 Å². The van der Waals surface area contributed by atoms with Crippen LogP contribution in [0.5, 0.6) is 5.75 Å². The number of hydrogen-bond donors (Lipinski definition) is 3. The summed E-state index contributed by atoms with van der Waals surface area (Å²) in [6.07, 6.45) is 1.28. The first kappa shape index (κ1) is 23.6. The van der Waals surface area contributed by atoms with Crippen LogP contribution in [0.1, 0.15) is 23.0 Å². The number of furan rings is 1. The topological polar surface area (TPSA) is 130 Å². The quantitative estimate of drug-likeness (QED) is 0.325. The average molecular weight is 470 g/mol. The first-order valence-electron chi connectivity index (χ1n) is 9.76. The maximum Gasteiger partial charge on any atom is 0.337 e. The molecular weight excluding hydrogens is 450 g/mol. The zero-order valence-corrected chi connectivity index (χ0v) is 18.2. The maximum atomic E-state index is 12.1. The molecule has 0 unspecified atom stereocenters. The van der Waals surface area contributed by atoms with E-state index in [9.17, 15) is 19.5 Å². The fourth-order valence-electron chi connectivity index (χ4n) is 2.69. The molecule has 1 heterocycles. The van der Waals surface area contributed by atoms with Crippen LogP contribution in [-0.4, -0.2) is 41.8 Å². The number of aromatic carboxylic acids is 1. The number of para-hydroxylation sites is 1. The van der Waals surface area contributed by atoms with Gasteiger partial charge in [0.15, 0.2) is 6.61 Å². The molecule has 3 rings (SSSR count). The zero-order valence-electron chi connectivity index (χ0n) is 17.4. The van der Waals surface area contributed by atoms with E-state index >= 15 is 0 Å². The van der Waals surface area contributed by atoms with Gasteiger partial charge in [-0.05, 0) is 49.4 Å². The summed E-state index contributed by atoms with van der Waals surface area (Å²) in [5.74, 6) is -0.860. The molecule has 9 nitrogen and oxygen atoms in total. The normalized spacial score (nSPS) is 11.7. The van der Waals surface area contributed by atoms with Gasteiger partial charge >= 0.3 is 5.97 Å². The van der Waals surface area contributed by atoms with Gasteiger partial charge in [0.05, 0.1) is 16.8 Å². The van der Waals surface area contributed by atoms with E-state index in [2.05, 4.69) is 15.8 Å². The Morgan fingerprint density at radius 1 is 1.15 bits per heavy atom.